The van der Waals surface area contributed by atoms with Crippen molar-refractivity contribution in [1.82, 2.24) is 4.98 Å². The van der Waals surface area contributed by atoms with E-state index in [1.165, 1.54) is 12.1 Å². The summed E-state index contributed by atoms with van der Waals surface area (Å²) in [6, 6.07) is 18.3. The maximum absolute atomic E-state index is 10.7. The molecular formula is C17H12N2O2. The summed E-state index contributed by atoms with van der Waals surface area (Å²) in [4.78, 5) is 14.9. The number of hydrogen-bond acceptors (Lipinski definition) is 3. The lowest BCUT2D eigenvalue weighted by Gasteiger charge is -1.98. The van der Waals surface area contributed by atoms with Crippen molar-refractivity contribution in [2.24, 2.45) is 0 Å². The summed E-state index contributed by atoms with van der Waals surface area (Å²) < 4.78 is 0. The molecule has 4 nitrogen and oxygen atoms in total. The summed E-state index contributed by atoms with van der Waals surface area (Å²) in [6.07, 6.45) is 3.68. The van der Waals surface area contributed by atoms with Crippen LogP contribution in [0.4, 0.5) is 5.69 Å². The fourth-order valence-electron chi connectivity index (χ4n) is 2.10. The average Bonchev–Trinajstić information content (AvgIpc) is 2.53. The van der Waals surface area contributed by atoms with Crippen molar-refractivity contribution >= 4 is 28.7 Å². The smallest absolute Gasteiger partial charge is 0.258 e. The number of non-ortho nitro benzene ring substituents is 1. The van der Waals surface area contributed by atoms with E-state index in [0.717, 1.165) is 22.2 Å². The molecule has 0 bridgehead atoms. The van der Waals surface area contributed by atoms with Gasteiger partial charge in [0.2, 0.25) is 0 Å². The van der Waals surface area contributed by atoms with Crippen LogP contribution in [0.5, 0.6) is 0 Å². The van der Waals surface area contributed by atoms with E-state index in [1.54, 1.807) is 6.07 Å². The van der Waals surface area contributed by atoms with Crippen LogP contribution in [0, 0.1) is 10.1 Å². The Morgan fingerprint density at radius 3 is 2.67 bits per heavy atom. The molecule has 0 unspecified atom stereocenters. The van der Waals surface area contributed by atoms with Crippen LogP contribution in [0.3, 0.4) is 0 Å². The van der Waals surface area contributed by atoms with Crippen molar-refractivity contribution in [3.05, 3.63) is 82.0 Å². The van der Waals surface area contributed by atoms with Crippen LogP contribution >= 0.6 is 0 Å². The fraction of sp³-hybridized carbons (Fsp3) is 0. The number of hydrogen-bond donors (Lipinski definition) is 0. The zero-order valence-corrected chi connectivity index (χ0v) is 11.1. The van der Waals surface area contributed by atoms with Gasteiger partial charge in [0.05, 0.1) is 16.1 Å². The average molecular weight is 276 g/mol. The molecule has 4 heteroatoms. The highest BCUT2D eigenvalue weighted by Crippen LogP contribution is 2.16. The van der Waals surface area contributed by atoms with Crippen molar-refractivity contribution < 1.29 is 4.92 Å². The highest BCUT2D eigenvalue weighted by Gasteiger charge is 2.03. The molecule has 0 saturated carbocycles. The SMILES string of the molecule is O=[N+]([O-])c1cccc(C=Cc2ccc3ccccc3n2)c1. The minimum Gasteiger partial charge on any atom is -0.258 e. The molecule has 0 N–H and O–H groups in total. The Hall–Kier alpha value is -3.01. The summed E-state index contributed by atoms with van der Waals surface area (Å²) in [6.45, 7) is 0. The summed E-state index contributed by atoms with van der Waals surface area (Å²) >= 11 is 0. The Kier molecular flexibility index (Phi) is 3.43. The van der Waals surface area contributed by atoms with Crippen LogP contribution in [0.2, 0.25) is 0 Å². The first-order valence-corrected chi connectivity index (χ1v) is 6.51. The third-order valence-electron chi connectivity index (χ3n) is 3.15. The lowest BCUT2D eigenvalue weighted by molar-refractivity contribution is -0.384. The Bertz CT molecular complexity index is 841. The first-order valence-electron chi connectivity index (χ1n) is 6.51. The Morgan fingerprint density at radius 2 is 1.81 bits per heavy atom. The van der Waals surface area contributed by atoms with E-state index in [4.69, 9.17) is 0 Å². The second kappa shape index (κ2) is 5.54. The molecule has 3 aromatic rings. The van der Waals surface area contributed by atoms with Gasteiger partial charge in [-0.05, 0) is 23.8 Å². The molecule has 0 radical (unpaired) electrons. The third kappa shape index (κ3) is 2.95. The van der Waals surface area contributed by atoms with E-state index in [-0.39, 0.29) is 5.69 Å². The molecule has 0 amide bonds. The molecule has 0 atom stereocenters. The predicted molar refractivity (Wildman–Crippen MR) is 83.8 cm³/mol. The molecule has 0 spiro atoms. The van der Waals surface area contributed by atoms with E-state index in [0.29, 0.717) is 0 Å². The second-order valence-corrected chi connectivity index (χ2v) is 4.61. The Balaban J connectivity index is 1.90. The van der Waals surface area contributed by atoms with Crippen LogP contribution in [-0.2, 0) is 0 Å². The van der Waals surface area contributed by atoms with Crippen molar-refractivity contribution in [2.75, 3.05) is 0 Å². The molecule has 0 aliphatic rings. The van der Waals surface area contributed by atoms with Gasteiger partial charge in [0.1, 0.15) is 0 Å². The number of nitro groups is 1. The molecule has 102 valence electrons. The summed E-state index contributed by atoms with van der Waals surface area (Å²) in [5.74, 6) is 0. The van der Waals surface area contributed by atoms with Gasteiger partial charge in [-0.1, -0.05) is 42.5 Å². The molecule has 21 heavy (non-hydrogen) atoms. The van der Waals surface area contributed by atoms with Gasteiger partial charge in [-0.25, -0.2) is 4.98 Å². The molecule has 0 fully saturated rings. The van der Waals surface area contributed by atoms with Gasteiger partial charge in [-0.15, -0.1) is 0 Å². The number of nitrogens with zero attached hydrogens (tertiary/aromatic N) is 2. The second-order valence-electron chi connectivity index (χ2n) is 4.61. The molecule has 1 heterocycles. The summed E-state index contributed by atoms with van der Waals surface area (Å²) in [5.41, 5.74) is 2.61. The molecular weight excluding hydrogens is 264 g/mol. The number of fused-ring (bicyclic) bond motifs is 1. The van der Waals surface area contributed by atoms with E-state index >= 15 is 0 Å². The van der Waals surface area contributed by atoms with Crippen LogP contribution in [-0.4, -0.2) is 9.91 Å². The van der Waals surface area contributed by atoms with E-state index in [9.17, 15) is 10.1 Å². The zero-order valence-electron chi connectivity index (χ0n) is 11.1. The van der Waals surface area contributed by atoms with Gasteiger partial charge in [-0.2, -0.15) is 0 Å². The van der Waals surface area contributed by atoms with Gasteiger partial charge in [0.25, 0.3) is 5.69 Å². The number of nitro benzene ring substituents is 1. The first-order chi connectivity index (χ1) is 10.2. The minimum atomic E-state index is -0.397. The molecule has 0 aliphatic carbocycles. The van der Waals surface area contributed by atoms with Crippen molar-refractivity contribution in [1.29, 1.82) is 0 Å². The van der Waals surface area contributed by atoms with E-state index in [2.05, 4.69) is 4.98 Å². The van der Waals surface area contributed by atoms with Crippen molar-refractivity contribution in [3.63, 3.8) is 0 Å². The standard InChI is InChI=1S/C17H12N2O2/c20-19(21)16-6-3-4-13(12-16)8-10-15-11-9-14-5-1-2-7-17(14)18-15/h1-12H. The topological polar surface area (TPSA) is 56.0 Å². The molecule has 0 saturated heterocycles. The predicted octanol–water partition coefficient (Wildman–Crippen LogP) is 4.31. The number of rotatable bonds is 3. The highest BCUT2D eigenvalue weighted by atomic mass is 16.6. The van der Waals surface area contributed by atoms with E-state index in [1.807, 2.05) is 54.6 Å². The Labute approximate surface area is 121 Å². The summed E-state index contributed by atoms with van der Waals surface area (Å²) in [5, 5.41) is 11.8. The van der Waals surface area contributed by atoms with Gasteiger partial charge in [0.15, 0.2) is 0 Å². The van der Waals surface area contributed by atoms with E-state index < -0.39 is 4.92 Å². The van der Waals surface area contributed by atoms with Crippen molar-refractivity contribution in [3.8, 4) is 0 Å². The number of benzene rings is 2. The largest absolute Gasteiger partial charge is 0.270 e. The van der Waals surface area contributed by atoms with Crippen molar-refractivity contribution in [2.45, 2.75) is 0 Å². The third-order valence-corrected chi connectivity index (χ3v) is 3.15. The van der Waals surface area contributed by atoms with Gasteiger partial charge in [-0.3, -0.25) is 10.1 Å². The monoisotopic (exact) mass is 276 g/mol. The maximum atomic E-state index is 10.7. The first kappa shape index (κ1) is 13.0. The summed E-state index contributed by atoms with van der Waals surface area (Å²) in [7, 11) is 0. The quantitative estimate of drug-likeness (QED) is 0.529. The lowest BCUT2D eigenvalue weighted by Crippen LogP contribution is -1.87. The normalized spacial score (nSPS) is 11.0. The molecule has 1 aromatic heterocycles. The number of aromatic nitrogens is 1. The molecule has 2 aromatic carbocycles. The maximum Gasteiger partial charge on any atom is 0.270 e. The van der Waals surface area contributed by atoms with Crippen LogP contribution < -0.4 is 0 Å². The zero-order chi connectivity index (χ0) is 14.7. The van der Waals surface area contributed by atoms with Crippen LogP contribution in [0.1, 0.15) is 11.3 Å². The van der Waals surface area contributed by atoms with Gasteiger partial charge < -0.3 is 0 Å². The van der Waals surface area contributed by atoms with Gasteiger partial charge >= 0.3 is 0 Å². The Morgan fingerprint density at radius 1 is 0.952 bits per heavy atom. The lowest BCUT2D eigenvalue weighted by atomic mass is 10.1. The molecule has 0 aliphatic heterocycles. The van der Waals surface area contributed by atoms with Crippen LogP contribution in [0.15, 0.2) is 60.7 Å². The minimum absolute atomic E-state index is 0.0867. The fourth-order valence-corrected chi connectivity index (χ4v) is 2.10. The number of para-hydroxylation sites is 1. The van der Waals surface area contributed by atoms with Gasteiger partial charge in [0, 0.05) is 17.5 Å². The highest BCUT2D eigenvalue weighted by molar-refractivity contribution is 5.80. The molecule has 3 rings (SSSR count). The van der Waals surface area contributed by atoms with Crippen LogP contribution in [0.25, 0.3) is 23.1 Å². The number of pyridine rings is 1.